The number of rotatable bonds is 7. The van der Waals surface area contributed by atoms with Crippen LogP contribution in [0.5, 0.6) is 0 Å². The lowest BCUT2D eigenvalue weighted by molar-refractivity contribution is 0.0953. The van der Waals surface area contributed by atoms with Crippen LogP contribution in [0.15, 0.2) is 40.6 Å². The summed E-state index contributed by atoms with van der Waals surface area (Å²) in [5.74, 6) is 0.603. The minimum Gasteiger partial charge on any atom is -0.366 e. The molecule has 0 unspecified atom stereocenters. The van der Waals surface area contributed by atoms with Gasteiger partial charge in [-0.05, 0) is 35.6 Å². The van der Waals surface area contributed by atoms with Gasteiger partial charge in [-0.15, -0.1) is 11.3 Å². The Balaban J connectivity index is 1.65. The molecular formula is C18H21N3O4S3. The minimum absolute atomic E-state index is 0.0672. The van der Waals surface area contributed by atoms with Gasteiger partial charge in [0.15, 0.2) is 0 Å². The van der Waals surface area contributed by atoms with E-state index in [1.165, 1.54) is 10.4 Å². The number of thiophene rings is 1. The number of nitrogens with two attached hydrogens (primary N) is 1. The molecule has 1 aromatic heterocycles. The predicted molar refractivity (Wildman–Crippen MR) is 111 cm³/mol. The molecule has 0 bridgehead atoms. The van der Waals surface area contributed by atoms with Gasteiger partial charge in [0.25, 0.3) is 5.91 Å². The van der Waals surface area contributed by atoms with Crippen molar-refractivity contribution in [3.63, 3.8) is 0 Å². The molecule has 0 saturated carbocycles. The molecule has 1 aliphatic rings. The standard InChI is InChI=1S/C18H21N3O4S3/c19-17(22)14-3-1-2-13(12-14)4-6-20-18(23)16-15(5-9-27-16)28(24,25)21-7-10-26-11-8-21/h1-3,5,9,12H,4,6-8,10-11H2,(H2,19,22)(H,20,23). The van der Waals surface area contributed by atoms with Gasteiger partial charge in [-0.25, -0.2) is 8.42 Å². The Bertz CT molecular complexity index is 966. The molecule has 2 amide bonds. The van der Waals surface area contributed by atoms with Crippen molar-refractivity contribution in [3.8, 4) is 0 Å². The van der Waals surface area contributed by atoms with Gasteiger partial charge in [-0.1, -0.05) is 12.1 Å². The van der Waals surface area contributed by atoms with Crippen LogP contribution in [-0.4, -0.2) is 55.7 Å². The van der Waals surface area contributed by atoms with Crippen molar-refractivity contribution in [2.75, 3.05) is 31.1 Å². The zero-order valence-electron chi connectivity index (χ0n) is 15.1. The van der Waals surface area contributed by atoms with Crippen LogP contribution in [0, 0.1) is 0 Å². The number of primary amides is 1. The summed E-state index contributed by atoms with van der Waals surface area (Å²) in [4.78, 5) is 24.1. The number of nitrogens with one attached hydrogen (secondary N) is 1. The summed E-state index contributed by atoms with van der Waals surface area (Å²) in [6.07, 6.45) is 0.504. The van der Waals surface area contributed by atoms with E-state index in [9.17, 15) is 18.0 Å². The highest BCUT2D eigenvalue weighted by Crippen LogP contribution is 2.27. The summed E-state index contributed by atoms with van der Waals surface area (Å²) in [7, 11) is -3.67. The third-order valence-electron chi connectivity index (χ3n) is 4.33. The maximum atomic E-state index is 12.9. The molecule has 150 valence electrons. The van der Waals surface area contributed by atoms with Gasteiger partial charge < -0.3 is 11.1 Å². The molecule has 10 heteroatoms. The third kappa shape index (κ3) is 4.75. The number of thioether (sulfide) groups is 1. The van der Waals surface area contributed by atoms with Gasteiger partial charge in [0.2, 0.25) is 15.9 Å². The molecule has 0 radical (unpaired) electrons. The van der Waals surface area contributed by atoms with Gasteiger partial charge in [0, 0.05) is 36.7 Å². The normalized spacial score (nSPS) is 15.3. The van der Waals surface area contributed by atoms with Crippen molar-refractivity contribution in [2.45, 2.75) is 11.3 Å². The quantitative estimate of drug-likeness (QED) is 0.680. The molecule has 2 heterocycles. The fourth-order valence-corrected chi connectivity index (χ4v) is 6.77. The number of hydrogen-bond donors (Lipinski definition) is 2. The fraction of sp³-hybridized carbons (Fsp3) is 0.333. The molecule has 2 aromatic rings. The molecule has 3 N–H and O–H groups in total. The van der Waals surface area contributed by atoms with Crippen molar-refractivity contribution in [3.05, 3.63) is 51.7 Å². The summed E-state index contributed by atoms with van der Waals surface area (Å²) in [6.45, 7) is 1.24. The lowest BCUT2D eigenvalue weighted by atomic mass is 10.1. The van der Waals surface area contributed by atoms with E-state index in [2.05, 4.69) is 5.32 Å². The molecule has 1 fully saturated rings. The average Bonchev–Trinajstić information content (AvgIpc) is 3.20. The maximum absolute atomic E-state index is 12.9. The molecule has 1 aliphatic heterocycles. The van der Waals surface area contributed by atoms with Crippen molar-refractivity contribution >= 4 is 44.9 Å². The molecule has 0 atom stereocenters. The molecule has 28 heavy (non-hydrogen) atoms. The van der Waals surface area contributed by atoms with Crippen LogP contribution in [0.1, 0.15) is 25.6 Å². The van der Waals surface area contributed by atoms with E-state index in [0.29, 0.717) is 31.6 Å². The van der Waals surface area contributed by atoms with E-state index in [-0.39, 0.29) is 9.77 Å². The second kappa shape index (κ2) is 9.08. The Hall–Kier alpha value is -1.88. The molecule has 0 aliphatic carbocycles. The Morgan fingerprint density at radius 3 is 2.64 bits per heavy atom. The first-order valence-corrected chi connectivity index (χ1v) is 12.2. The number of nitrogens with zero attached hydrogens (tertiary/aromatic N) is 1. The van der Waals surface area contributed by atoms with Gasteiger partial charge in [-0.3, -0.25) is 9.59 Å². The summed E-state index contributed by atoms with van der Waals surface area (Å²) in [6, 6.07) is 8.38. The topological polar surface area (TPSA) is 110 Å². The summed E-state index contributed by atoms with van der Waals surface area (Å²) < 4.78 is 27.2. The molecule has 0 spiro atoms. The van der Waals surface area contributed by atoms with E-state index in [1.807, 2.05) is 6.07 Å². The maximum Gasteiger partial charge on any atom is 0.262 e. The first-order chi connectivity index (χ1) is 13.4. The van der Waals surface area contributed by atoms with Gasteiger partial charge in [-0.2, -0.15) is 16.1 Å². The summed E-state index contributed by atoms with van der Waals surface area (Å²) in [5.41, 5.74) is 6.55. The van der Waals surface area contributed by atoms with Gasteiger partial charge in [0.1, 0.15) is 9.77 Å². The smallest absolute Gasteiger partial charge is 0.262 e. The largest absolute Gasteiger partial charge is 0.366 e. The molecule has 1 saturated heterocycles. The Labute approximate surface area is 172 Å². The van der Waals surface area contributed by atoms with Crippen LogP contribution >= 0.6 is 23.1 Å². The molecule has 1 aromatic carbocycles. The van der Waals surface area contributed by atoms with E-state index in [4.69, 9.17) is 5.73 Å². The first-order valence-electron chi connectivity index (χ1n) is 8.72. The van der Waals surface area contributed by atoms with E-state index in [0.717, 1.165) is 28.4 Å². The predicted octanol–water partition coefficient (Wildman–Crippen LogP) is 1.56. The minimum atomic E-state index is -3.67. The molecular weight excluding hydrogens is 418 g/mol. The summed E-state index contributed by atoms with van der Waals surface area (Å²) >= 11 is 2.84. The number of carbonyl (C=O) groups excluding carboxylic acids is 2. The molecule has 7 nitrogen and oxygen atoms in total. The average molecular weight is 440 g/mol. The number of amides is 2. The van der Waals surface area contributed by atoms with Crippen molar-refractivity contribution in [2.24, 2.45) is 5.73 Å². The lowest BCUT2D eigenvalue weighted by Crippen LogP contribution is -2.38. The number of benzene rings is 1. The number of sulfonamides is 1. The monoisotopic (exact) mass is 439 g/mol. The van der Waals surface area contributed by atoms with Crippen molar-refractivity contribution in [1.29, 1.82) is 0 Å². The van der Waals surface area contributed by atoms with Gasteiger partial charge >= 0.3 is 0 Å². The van der Waals surface area contributed by atoms with Gasteiger partial charge in [0.05, 0.1) is 0 Å². The van der Waals surface area contributed by atoms with Crippen LogP contribution < -0.4 is 11.1 Å². The van der Waals surface area contributed by atoms with Crippen molar-refractivity contribution < 1.29 is 18.0 Å². The van der Waals surface area contributed by atoms with Crippen LogP contribution in [0.3, 0.4) is 0 Å². The first kappa shape index (κ1) is 20.8. The molecule has 3 rings (SSSR count). The highest BCUT2D eigenvalue weighted by molar-refractivity contribution is 7.99. The van der Waals surface area contributed by atoms with E-state index >= 15 is 0 Å². The van der Waals surface area contributed by atoms with Crippen LogP contribution in [-0.2, 0) is 16.4 Å². The highest BCUT2D eigenvalue weighted by Gasteiger charge is 2.31. The van der Waals surface area contributed by atoms with Crippen LogP contribution in [0.4, 0.5) is 0 Å². The van der Waals surface area contributed by atoms with Crippen LogP contribution in [0.25, 0.3) is 0 Å². The highest BCUT2D eigenvalue weighted by atomic mass is 32.2. The Morgan fingerprint density at radius 1 is 1.18 bits per heavy atom. The zero-order chi connectivity index (χ0) is 20.1. The Kier molecular flexibility index (Phi) is 6.76. The second-order valence-corrected chi connectivity index (χ2v) is 10.2. The lowest BCUT2D eigenvalue weighted by Gasteiger charge is -2.25. The third-order valence-corrected chi connectivity index (χ3v) is 8.26. The SMILES string of the molecule is NC(=O)c1cccc(CCNC(=O)c2sccc2S(=O)(=O)N2CCSCC2)c1. The number of carbonyl (C=O) groups is 2. The second-order valence-electron chi connectivity index (χ2n) is 6.20. The Morgan fingerprint density at radius 2 is 1.93 bits per heavy atom. The van der Waals surface area contributed by atoms with Crippen molar-refractivity contribution in [1.82, 2.24) is 9.62 Å². The van der Waals surface area contributed by atoms with E-state index < -0.39 is 21.8 Å². The fourth-order valence-electron chi connectivity index (χ4n) is 2.87. The number of hydrogen-bond acceptors (Lipinski definition) is 6. The zero-order valence-corrected chi connectivity index (χ0v) is 17.5. The summed E-state index contributed by atoms with van der Waals surface area (Å²) in [5, 5.41) is 4.39. The van der Waals surface area contributed by atoms with E-state index in [1.54, 1.807) is 35.3 Å². The van der Waals surface area contributed by atoms with Crippen LogP contribution in [0.2, 0.25) is 0 Å².